The lowest BCUT2D eigenvalue weighted by molar-refractivity contribution is -0.123. The minimum absolute atomic E-state index is 0.0208. The number of benzene rings is 2. The normalized spacial score (nSPS) is 11.0. The van der Waals surface area contributed by atoms with Crippen LogP contribution in [0.1, 0.15) is 37.8 Å². The van der Waals surface area contributed by atoms with Crippen LogP contribution in [0.15, 0.2) is 54.7 Å². The number of hydrogen-bond donors (Lipinski definition) is 2. The number of rotatable bonds is 7. The smallest absolute Gasteiger partial charge is 0.240 e. The van der Waals surface area contributed by atoms with Gasteiger partial charge in [0.2, 0.25) is 11.8 Å². The van der Waals surface area contributed by atoms with E-state index in [-0.39, 0.29) is 24.3 Å². The van der Waals surface area contributed by atoms with Gasteiger partial charge in [-0.15, -0.1) is 0 Å². The minimum atomic E-state index is -0.159. The highest BCUT2D eigenvalue weighted by molar-refractivity contribution is 5.98. The summed E-state index contributed by atoms with van der Waals surface area (Å²) in [6.07, 6.45) is 2.72. The number of nitrogens with zero attached hydrogens (tertiary/aromatic N) is 1. The number of para-hydroxylation sites is 2. The maximum absolute atomic E-state index is 12.5. The van der Waals surface area contributed by atoms with E-state index in [2.05, 4.69) is 30.2 Å². The molecule has 5 nitrogen and oxygen atoms in total. The van der Waals surface area contributed by atoms with Gasteiger partial charge in [0.05, 0.1) is 0 Å². The summed E-state index contributed by atoms with van der Waals surface area (Å²) in [6, 6.07) is 15.9. The molecule has 28 heavy (non-hydrogen) atoms. The van der Waals surface area contributed by atoms with Crippen molar-refractivity contribution in [2.24, 2.45) is 0 Å². The molecule has 3 rings (SSSR count). The summed E-state index contributed by atoms with van der Waals surface area (Å²) >= 11 is 0. The Morgan fingerprint density at radius 2 is 1.79 bits per heavy atom. The predicted octanol–water partition coefficient (Wildman–Crippen LogP) is 4.00. The molecule has 5 heteroatoms. The molecule has 0 atom stereocenters. The first-order chi connectivity index (χ1) is 13.5. The van der Waals surface area contributed by atoms with Gasteiger partial charge >= 0.3 is 0 Å². The number of H-pyrrole nitrogens is 1. The van der Waals surface area contributed by atoms with Crippen LogP contribution in [0.4, 0.5) is 5.69 Å². The van der Waals surface area contributed by atoms with Gasteiger partial charge in [-0.25, -0.2) is 0 Å². The zero-order valence-corrected chi connectivity index (χ0v) is 16.7. The zero-order chi connectivity index (χ0) is 20.1. The van der Waals surface area contributed by atoms with Crippen LogP contribution in [0.2, 0.25) is 0 Å². The van der Waals surface area contributed by atoms with Crippen molar-refractivity contribution in [3.05, 3.63) is 65.9 Å². The van der Waals surface area contributed by atoms with Crippen molar-refractivity contribution < 1.29 is 9.59 Å². The fraction of sp³-hybridized carbons (Fsp3) is 0.304. The average molecular weight is 377 g/mol. The SMILES string of the molecule is CC(=O)N(CC(=O)NCCc1c[nH]c2ccccc12)c1ccccc1C(C)C. The van der Waals surface area contributed by atoms with Crippen LogP contribution in [-0.2, 0) is 16.0 Å². The van der Waals surface area contributed by atoms with Gasteiger partial charge in [-0.1, -0.05) is 50.2 Å². The molecule has 2 aromatic carbocycles. The van der Waals surface area contributed by atoms with E-state index in [1.807, 2.05) is 48.7 Å². The van der Waals surface area contributed by atoms with Crippen molar-refractivity contribution in [3.63, 3.8) is 0 Å². The summed E-state index contributed by atoms with van der Waals surface area (Å²) < 4.78 is 0. The third-order valence-corrected chi connectivity index (χ3v) is 4.92. The Balaban J connectivity index is 1.63. The van der Waals surface area contributed by atoms with E-state index in [1.165, 1.54) is 17.9 Å². The van der Waals surface area contributed by atoms with Gasteiger partial charge in [0, 0.05) is 36.3 Å². The first-order valence-corrected chi connectivity index (χ1v) is 9.66. The van der Waals surface area contributed by atoms with E-state index in [9.17, 15) is 9.59 Å². The predicted molar refractivity (Wildman–Crippen MR) is 114 cm³/mol. The molecule has 0 fully saturated rings. The number of aromatic nitrogens is 1. The third-order valence-electron chi connectivity index (χ3n) is 4.92. The van der Waals surface area contributed by atoms with E-state index in [4.69, 9.17) is 0 Å². The van der Waals surface area contributed by atoms with E-state index in [0.717, 1.165) is 23.2 Å². The molecule has 0 bridgehead atoms. The Bertz CT molecular complexity index is 975. The van der Waals surface area contributed by atoms with Crippen LogP contribution in [-0.4, -0.2) is 29.9 Å². The van der Waals surface area contributed by atoms with Crippen LogP contribution in [0.5, 0.6) is 0 Å². The largest absolute Gasteiger partial charge is 0.361 e. The Morgan fingerprint density at radius 1 is 1.07 bits per heavy atom. The van der Waals surface area contributed by atoms with Gasteiger partial charge < -0.3 is 15.2 Å². The molecule has 0 saturated carbocycles. The van der Waals surface area contributed by atoms with E-state index < -0.39 is 0 Å². The fourth-order valence-corrected chi connectivity index (χ4v) is 3.46. The zero-order valence-electron chi connectivity index (χ0n) is 16.7. The molecule has 2 amide bonds. The number of amides is 2. The molecule has 2 N–H and O–H groups in total. The number of carbonyl (C=O) groups is 2. The van der Waals surface area contributed by atoms with Gasteiger partial charge in [-0.2, -0.15) is 0 Å². The number of hydrogen-bond acceptors (Lipinski definition) is 2. The topological polar surface area (TPSA) is 65.2 Å². The lowest BCUT2D eigenvalue weighted by Gasteiger charge is -2.24. The molecular formula is C23H27N3O2. The summed E-state index contributed by atoms with van der Waals surface area (Å²) in [6.45, 7) is 6.21. The van der Waals surface area contributed by atoms with Gasteiger partial charge in [0.25, 0.3) is 0 Å². The van der Waals surface area contributed by atoms with Crippen molar-refractivity contribution in [3.8, 4) is 0 Å². The molecule has 0 aliphatic heterocycles. The summed E-state index contributed by atoms with van der Waals surface area (Å²) in [5.74, 6) is -0.0311. The summed E-state index contributed by atoms with van der Waals surface area (Å²) in [4.78, 5) is 29.5. The molecule has 3 aromatic rings. The first kappa shape index (κ1) is 19.7. The summed E-state index contributed by atoms with van der Waals surface area (Å²) in [7, 11) is 0. The van der Waals surface area contributed by atoms with Crippen LogP contribution in [0.25, 0.3) is 10.9 Å². The van der Waals surface area contributed by atoms with Gasteiger partial charge in [0.15, 0.2) is 0 Å². The first-order valence-electron chi connectivity index (χ1n) is 9.66. The number of nitrogens with one attached hydrogen (secondary N) is 2. The van der Waals surface area contributed by atoms with Crippen molar-refractivity contribution in [1.29, 1.82) is 0 Å². The van der Waals surface area contributed by atoms with Crippen molar-refractivity contribution in [1.82, 2.24) is 10.3 Å². The summed E-state index contributed by atoms with van der Waals surface area (Å²) in [5, 5.41) is 4.12. The molecule has 146 valence electrons. The number of anilines is 1. The van der Waals surface area contributed by atoms with Crippen molar-refractivity contribution in [2.75, 3.05) is 18.0 Å². The maximum atomic E-state index is 12.5. The van der Waals surface area contributed by atoms with Crippen LogP contribution in [0.3, 0.4) is 0 Å². The van der Waals surface area contributed by atoms with E-state index in [0.29, 0.717) is 6.54 Å². The second-order valence-electron chi connectivity index (χ2n) is 7.28. The van der Waals surface area contributed by atoms with Gasteiger partial charge in [0.1, 0.15) is 6.54 Å². The molecule has 1 heterocycles. The van der Waals surface area contributed by atoms with E-state index >= 15 is 0 Å². The van der Waals surface area contributed by atoms with Crippen molar-refractivity contribution >= 4 is 28.4 Å². The highest BCUT2D eigenvalue weighted by atomic mass is 16.2. The Kier molecular flexibility index (Phi) is 6.14. The van der Waals surface area contributed by atoms with Crippen LogP contribution >= 0.6 is 0 Å². The Hall–Kier alpha value is -3.08. The standard InChI is InChI=1S/C23H27N3O2/c1-16(2)19-8-5-7-11-22(19)26(17(3)27)15-23(28)24-13-12-18-14-25-21-10-6-4-9-20(18)21/h4-11,14,16,25H,12-13,15H2,1-3H3,(H,24,28). The molecule has 0 aliphatic carbocycles. The average Bonchev–Trinajstić information content (AvgIpc) is 3.09. The summed E-state index contributed by atoms with van der Waals surface area (Å²) in [5.41, 5.74) is 4.13. The lowest BCUT2D eigenvalue weighted by Crippen LogP contribution is -2.40. The van der Waals surface area contributed by atoms with E-state index in [1.54, 1.807) is 4.90 Å². The number of fused-ring (bicyclic) bond motifs is 1. The Labute approximate surface area is 165 Å². The number of aromatic amines is 1. The quantitative estimate of drug-likeness (QED) is 0.653. The van der Waals surface area contributed by atoms with Crippen LogP contribution < -0.4 is 10.2 Å². The van der Waals surface area contributed by atoms with Crippen LogP contribution in [0, 0.1) is 0 Å². The van der Waals surface area contributed by atoms with Gasteiger partial charge in [-0.05, 0) is 35.6 Å². The second kappa shape index (κ2) is 8.74. The lowest BCUT2D eigenvalue weighted by atomic mass is 10.0. The minimum Gasteiger partial charge on any atom is -0.361 e. The molecule has 1 aromatic heterocycles. The molecule has 0 spiro atoms. The monoisotopic (exact) mass is 377 g/mol. The Morgan fingerprint density at radius 3 is 2.54 bits per heavy atom. The van der Waals surface area contributed by atoms with Gasteiger partial charge in [-0.3, -0.25) is 9.59 Å². The highest BCUT2D eigenvalue weighted by Crippen LogP contribution is 2.27. The fourth-order valence-electron chi connectivity index (χ4n) is 3.46. The third kappa shape index (κ3) is 4.42. The molecule has 0 unspecified atom stereocenters. The highest BCUT2D eigenvalue weighted by Gasteiger charge is 2.19. The molecular weight excluding hydrogens is 350 g/mol. The molecule has 0 radical (unpaired) electrons. The molecule has 0 aliphatic rings. The second-order valence-corrected chi connectivity index (χ2v) is 7.28. The van der Waals surface area contributed by atoms with Crippen molar-refractivity contribution in [2.45, 2.75) is 33.1 Å². The number of carbonyl (C=O) groups excluding carboxylic acids is 2. The molecule has 0 saturated heterocycles. The maximum Gasteiger partial charge on any atom is 0.240 e.